The lowest BCUT2D eigenvalue weighted by molar-refractivity contribution is 0.0959. The van der Waals surface area contributed by atoms with E-state index in [0.29, 0.717) is 6.54 Å². The van der Waals surface area contributed by atoms with E-state index in [1.165, 1.54) is 0 Å². The molecule has 4 heteroatoms. The molecule has 104 valence electrons. The minimum absolute atomic E-state index is 0.317. The second-order valence-electron chi connectivity index (χ2n) is 5.30. The molecule has 0 heterocycles. The van der Waals surface area contributed by atoms with Gasteiger partial charge in [-0.3, -0.25) is 5.32 Å². The molecule has 19 heavy (non-hydrogen) atoms. The van der Waals surface area contributed by atoms with Crippen LogP contribution in [0.3, 0.4) is 0 Å². The van der Waals surface area contributed by atoms with Crippen LogP contribution in [0.15, 0.2) is 43.0 Å². The standard InChI is InChI=1S/C15H22N2O2/c1-5-13(19-14(18)17-15(2,3)4)16-11-12-9-7-6-8-10-12/h5-10,13,16H,1,11H2,2-4H3,(H,17,18). The highest BCUT2D eigenvalue weighted by atomic mass is 16.6. The van der Waals surface area contributed by atoms with Gasteiger partial charge in [0.05, 0.1) is 0 Å². The molecule has 0 spiro atoms. The Morgan fingerprint density at radius 3 is 2.53 bits per heavy atom. The van der Waals surface area contributed by atoms with Crippen LogP contribution in [0.5, 0.6) is 0 Å². The molecule has 0 aliphatic heterocycles. The second kappa shape index (κ2) is 6.95. The summed E-state index contributed by atoms with van der Waals surface area (Å²) in [6, 6.07) is 9.90. The highest BCUT2D eigenvalue weighted by Gasteiger charge is 2.17. The monoisotopic (exact) mass is 262 g/mol. The van der Waals surface area contributed by atoms with E-state index >= 15 is 0 Å². The first-order valence-electron chi connectivity index (χ1n) is 6.29. The topological polar surface area (TPSA) is 50.4 Å². The zero-order valence-electron chi connectivity index (χ0n) is 11.8. The molecule has 1 aromatic carbocycles. The summed E-state index contributed by atoms with van der Waals surface area (Å²) in [6.07, 6.45) is 0.589. The molecular formula is C15H22N2O2. The van der Waals surface area contributed by atoms with Crippen LogP contribution in [0.1, 0.15) is 26.3 Å². The molecular weight excluding hydrogens is 240 g/mol. The first kappa shape index (κ1) is 15.2. The third kappa shape index (κ3) is 6.62. The average Bonchev–Trinajstić information content (AvgIpc) is 2.33. The fourth-order valence-corrected chi connectivity index (χ4v) is 1.44. The molecule has 2 N–H and O–H groups in total. The normalized spacial score (nSPS) is 12.6. The number of carbonyl (C=O) groups excluding carboxylic acids is 1. The number of rotatable bonds is 5. The average molecular weight is 262 g/mol. The van der Waals surface area contributed by atoms with E-state index < -0.39 is 12.3 Å². The van der Waals surface area contributed by atoms with Crippen LogP contribution in [0.2, 0.25) is 0 Å². The predicted molar refractivity (Wildman–Crippen MR) is 76.6 cm³/mol. The van der Waals surface area contributed by atoms with Gasteiger partial charge in [0.1, 0.15) is 0 Å². The summed E-state index contributed by atoms with van der Waals surface area (Å²) < 4.78 is 5.22. The summed E-state index contributed by atoms with van der Waals surface area (Å²) in [6.45, 7) is 9.96. The maximum Gasteiger partial charge on any atom is 0.409 e. The molecule has 0 saturated carbocycles. The summed E-state index contributed by atoms with van der Waals surface area (Å²) in [7, 11) is 0. The number of hydrogen-bond acceptors (Lipinski definition) is 3. The quantitative estimate of drug-likeness (QED) is 0.633. The first-order chi connectivity index (χ1) is 8.90. The zero-order chi connectivity index (χ0) is 14.3. The van der Waals surface area contributed by atoms with Crippen molar-refractivity contribution in [2.45, 2.75) is 39.1 Å². The number of carbonyl (C=O) groups is 1. The second-order valence-corrected chi connectivity index (χ2v) is 5.30. The van der Waals surface area contributed by atoms with E-state index in [1.54, 1.807) is 6.08 Å². The number of nitrogens with one attached hydrogen (secondary N) is 2. The van der Waals surface area contributed by atoms with Crippen molar-refractivity contribution in [2.75, 3.05) is 0 Å². The minimum Gasteiger partial charge on any atom is -0.427 e. The van der Waals surface area contributed by atoms with E-state index in [4.69, 9.17) is 4.74 Å². The summed E-state index contributed by atoms with van der Waals surface area (Å²) >= 11 is 0. The van der Waals surface area contributed by atoms with Crippen molar-refractivity contribution in [2.24, 2.45) is 0 Å². The van der Waals surface area contributed by atoms with Crippen LogP contribution < -0.4 is 10.6 Å². The fraction of sp³-hybridized carbons (Fsp3) is 0.400. The van der Waals surface area contributed by atoms with Gasteiger partial charge in [0.2, 0.25) is 0 Å². The van der Waals surface area contributed by atoms with Crippen molar-refractivity contribution in [1.29, 1.82) is 0 Å². The van der Waals surface area contributed by atoms with E-state index in [0.717, 1.165) is 5.56 Å². The Kier molecular flexibility index (Phi) is 5.57. The SMILES string of the molecule is C=CC(NCc1ccccc1)OC(=O)NC(C)(C)C. The molecule has 1 atom stereocenters. The fourth-order valence-electron chi connectivity index (χ4n) is 1.44. The third-order valence-corrected chi connectivity index (χ3v) is 2.28. The lowest BCUT2D eigenvalue weighted by Gasteiger charge is -2.22. The van der Waals surface area contributed by atoms with Crippen LogP contribution >= 0.6 is 0 Å². The van der Waals surface area contributed by atoms with E-state index in [2.05, 4.69) is 17.2 Å². The molecule has 0 bridgehead atoms. The Bertz CT molecular complexity index is 410. The van der Waals surface area contributed by atoms with Gasteiger partial charge in [0.15, 0.2) is 6.23 Å². The number of hydrogen-bond donors (Lipinski definition) is 2. The van der Waals surface area contributed by atoms with Crippen LogP contribution in [0, 0.1) is 0 Å². The van der Waals surface area contributed by atoms with Gasteiger partial charge in [0, 0.05) is 12.1 Å². The van der Waals surface area contributed by atoms with Gasteiger partial charge < -0.3 is 10.1 Å². The van der Waals surface area contributed by atoms with Gasteiger partial charge >= 0.3 is 6.09 Å². The molecule has 4 nitrogen and oxygen atoms in total. The van der Waals surface area contributed by atoms with E-state index in [9.17, 15) is 4.79 Å². The summed E-state index contributed by atoms with van der Waals surface area (Å²) in [5.41, 5.74) is 0.802. The molecule has 0 fully saturated rings. The molecule has 0 aromatic heterocycles. The summed E-state index contributed by atoms with van der Waals surface area (Å²) in [4.78, 5) is 11.6. The maximum atomic E-state index is 11.6. The summed E-state index contributed by atoms with van der Waals surface area (Å²) in [5.74, 6) is 0. The van der Waals surface area contributed by atoms with Gasteiger partial charge in [-0.05, 0) is 32.4 Å². The van der Waals surface area contributed by atoms with Gasteiger partial charge in [0.25, 0.3) is 0 Å². The molecule has 0 aliphatic rings. The van der Waals surface area contributed by atoms with E-state index in [1.807, 2.05) is 51.1 Å². The van der Waals surface area contributed by atoms with Gasteiger partial charge in [-0.2, -0.15) is 0 Å². The molecule has 1 unspecified atom stereocenters. The largest absolute Gasteiger partial charge is 0.427 e. The van der Waals surface area contributed by atoms with Crippen LogP contribution in [0.4, 0.5) is 4.79 Å². The molecule has 0 aliphatic carbocycles. The number of alkyl carbamates (subject to hydrolysis) is 1. The third-order valence-electron chi connectivity index (χ3n) is 2.28. The van der Waals surface area contributed by atoms with Crippen molar-refractivity contribution in [3.05, 3.63) is 48.6 Å². The van der Waals surface area contributed by atoms with Gasteiger partial charge in [-0.15, -0.1) is 0 Å². The summed E-state index contributed by atoms with van der Waals surface area (Å²) in [5, 5.41) is 5.83. The van der Waals surface area contributed by atoms with Gasteiger partial charge in [-0.1, -0.05) is 36.9 Å². The highest BCUT2D eigenvalue weighted by Crippen LogP contribution is 2.02. The smallest absolute Gasteiger partial charge is 0.409 e. The van der Waals surface area contributed by atoms with Crippen LogP contribution in [-0.2, 0) is 11.3 Å². The van der Waals surface area contributed by atoms with Gasteiger partial charge in [-0.25, -0.2) is 4.79 Å². The van der Waals surface area contributed by atoms with Crippen molar-refractivity contribution < 1.29 is 9.53 Å². The Morgan fingerprint density at radius 1 is 1.37 bits per heavy atom. The lowest BCUT2D eigenvalue weighted by atomic mass is 10.1. The Hall–Kier alpha value is -1.81. The molecule has 1 aromatic rings. The van der Waals surface area contributed by atoms with E-state index in [-0.39, 0.29) is 5.54 Å². The number of ether oxygens (including phenoxy) is 1. The van der Waals surface area contributed by atoms with Crippen molar-refractivity contribution in [3.63, 3.8) is 0 Å². The number of amides is 1. The molecule has 1 rings (SSSR count). The molecule has 0 saturated heterocycles. The minimum atomic E-state index is -0.512. The zero-order valence-corrected chi connectivity index (χ0v) is 11.8. The first-order valence-corrected chi connectivity index (χ1v) is 6.29. The van der Waals surface area contributed by atoms with Crippen LogP contribution in [-0.4, -0.2) is 17.9 Å². The number of benzene rings is 1. The predicted octanol–water partition coefficient (Wildman–Crippen LogP) is 2.81. The van der Waals surface area contributed by atoms with Crippen molar-refractivity contribution in [3.8, 4) is 0 Å². The lowest BCUT2D eigenvalue weighted by Crippen LogP contribution is -2.44. The van der Waals surface area contributed by atoms with Crippen molar-refractivity contribution >= 4 is 6.09 Å². The Morgan fingerprint density at radius 2 is 2.00 bits per heavy atom. The van der Waals surface area contributed by atoms with Crippen LogP contribution in [0.25, 0.3) is 0 Å². The molecule has 1 amide bonds. The molecule has 0 radical (unpaired) electrons. The highest BCUT2D eigenvalue weighted by molar-refractivity contribution is 5.68. The Balaban J connectivity index is 2.42. The Labute approximate surface area is 114 Å². The maximum absolute atomic E-state index is 11.6. The van der Waals surface area contributed by atoms with Crippen molar-refractivity contribution in [1.82, 2.24) is 10.6 Å².